The molecule has 1 fully saturated rings. The summed E-state index contributed by atoms with van der Waals surface area (Å²) in [5.41, 5.74) is 0.384. The van der Waals surface area contributed by atoms with Gasteiger partial charge in [0.2, 0.25) is 0 Å². The molecule has 3 heterocycles. The summed E-state index contributed by atoms with van der Waals surface area (Å²) in [6, 6.07) is 7.97. The summed E-state index contributed by atoms with van der Waals surface area (Å²) in [4.78, 5) is 32.4. The first-order valence-electron chi connectivity index (χ1n) is 10.0. The van der Waals surface area contributed by atoms with Gasteiger partial charge in [0.05, 0.1) is 37.7 Å². The van der Waals surface area contributed by atoms with Gasteiger partial charge in [-0.25, -0.2) is 4.98 Å². The Balaban J connectivity index is 1.73. The van der Waals surface area contributed by atoms with Gasteiger partial charge in [-0.1, -0.05) is 6.07 Å². The number of hydrogen-bond donors (Lipinski definition) is 1. The standard InChI is InChI=1S/C23H23N3O5S/c1-30-15-6-7-16(17(13-15)31-2)21(27)19-20(18-5-3-12-32-18)26(23(29)22(19)28)10-4-9-25-11-8-24-14-25/h3,5-8,11-14,20,27H,4,9-10H2,1-2H3/b21-19+/t20-/m0/s1. The minimum Gasteiger partial charge on any atom is -0.507 e. The van der Waals surface area contributed by atoms with Crippen molar-refractivity contribution in [2.75, 3.05) is 20.8 Å². The molecule has 1 atom stereocenters. The maximum absolute atomic E-state index is 13.1. The van der Waals surface area contributed by atoms with Gasteiger partial charge in [0.15, 0.2) is 0 Å². The molecule has 0 unspecified atom stereocenters. The molecule has 1 aliphatic rings. The first kappa shape index (κ1) is 21.6. The van der Waals surface area contributed by atoms with Crippen LogP contribution in [-0.2, 0) is 16.1 Å². The average Bonchev–Trinajstić information content (AvgIpc) is 3.57. The fraction of sp³-hybridized carbons (Fsp3) is 0.261. The van der Waals surface area contributed by atoms with Gasteiger partial charge in [-0.05, 0) is 30.0 Å². The lowest BCUT2D eigenvalue weighted by atomic mass is 9.99. The summed E-state index contributed by atoms with van der Waals surface area (Å²) in [6.45, 7) is 1.02. The molecule has 1 aromatic carbocycles. The van der Waals surface area contributed by atoms with Crippen LogP contribution in [0.2, 0.25) is 0 Å². The Hall–Kier alpha value is -3.59. The quantitative estimate of drug-likeness (QED) is 0.319. The third-order valence-corrected chi connectivity index (χ3v) is 6.32. The van der Waals surface area contributed by atoms with Gasteiger partial charge >= 0.3 is 0 Å². The molecular weight excluding hydrogens is 430 g/mol. The zero-order valence-corrected chi connectivity index (χ0v) is 18.5. The smallest absolute Gasteiger partial charge is 0.295 e. The number of hydrogen-bond acceptors (Lipinski definition) is 7. The van der Waals surface area contributed by atoms with Gasteiger partial charge in [-0.15, -0.1) is 11.3 Å². The van der Waals surface area contributed by atoms with Crippen molar-refractivity contribution < 1.29 is 24.2 Å². The minimum atomic E-state index is -0.707. The number of carbonyl (C=O) groups is 2. The van der Waals surface area contributed by atoms with E-state index in [-0.39, 0.29) is 11.3 Å². The van der Waals surface area contributed by atoms with E-state index in [0.29, 0.717) is 36.6 Å². The number of nitrogens with zero attached hydrogens (tertiary/aromatic N) is 3. The van der Waals surface area contributed by atoms with Crippen molar-refractivity contribution in [1.29, 1.82) is 0 Å². The summed E-state index contributed by atoms with van der Waals surface area (Å²) in [7, 11) is 3.00. The number of likely N-dealkylation sites (tertiary alicyclic amines) is 1. The van der Waals surface area contributed by atoms with Gasteiger partial charge < -0.3 is 24.0 Å². The molecule has 1 saturated heterocycles. The molecule has 166 valence electrons. The summed E-state index contributed by atoms with van der Waals surface area (Å²) in [5.74, 6) is -0.700. The number of methoxy groups -OCH3 is 2. The lowest BCUT2D eigenvalue weighted by Gasteiger charge is -2.24. The lowest BCUT2D eigenvalue weighted by molar-refractivity contribution is -0.139. The van der Waals surface area contributed by atoms with Crippen LogP contribution in [0.15, 0.2) is 60.0 Å². The molecule has 8 nitrogen and oxygen atoms in total. The minimum absolute atomic E-state index is 0.0588. The Morgan fingerprint density at radius 3 is 2.69 bits per heavy atom. The average molecular weight is 454 g/mol. The number of Topliss-reactive ketones (excluding diaryl/α,β-unsaturated/α-hetero) is 1. The Morgan fingerprint density at radius 1 is 1.19 bits per heavy atom. The Labute approximate surface area is 189 Å². The maximum atomic E-state index is 13.1. The van der Waals surface area contributed by atoms with Crippen LogP contribution in [0.25, 0.3) is 5.76 Å². The predicted octanol–water partition coefficient (Wildman–Crippen LogP) is 3.47. The highest BCUT2D eigenvalue weighted by atomic mass is 32.1. The maximum Gasteiger partial charge on any atom is 0.295 e. The highest BCUT2D eigenvalue weighted by Gasteiger charge is 2.46. The van der Waals surface area contributed by atoms with E-state index in [1.807, 2.05) is 28.3 Å². The van der Waals surface area contributed by atoms with E-state index < -0.39 is 17.7 Å². The number of ether oxygens (including phenoxy) is 2. The lowest BCUT2D eigenvalue weighted by Crippen LogP contribution is -2.31. The van der Waals surface area contributed by atoms with Crippen LogP contribution in [0, 0.1) is 0 Å². The monoisotopic (exact) mass is 453 g/mol. The number of benzene rings is 1. The second kappa shape index (κ2) is 9.27. The third kappa shape index (κ3) is 3.99. The molecule has 0 bridgehead atoms. The summed E-state index contributed by atoms with van der Waals surface area (Å²) >= 11 is 1.43. The van der Waals surface area contributed by atoms with Crippen LogP contribution in [0.1, 0.15) is 22.9 Å². The highest BCUT2D eigenvalue weighted by molar-refractivity contribution is 7.10. The third-order valence-electron chi connectivity index (χ3n) is 5.39. The molecule has 1 N–H and O–H groups in total. The number of rotatable bonds is 8. The van der Waals surface area contributed by atoms with Crippen molar-refractivity contribution in [3.05, 3.63) is 70.4 Å². The van der Waals surface area contributed by atoms with Crippen molar-refractivity contribution in [3.8, 4) is 11.5 Å². The molecule has 2 aromatic heterocycles. The first-order chi connectivity index (χ1) is 15.5. The van der Waals surface area contributed by atoms with Crippen molar-refractivity contribution >= 4 is 28.8 Å². The van der Waals surface area contributed by atoms with Crippen LogP contribution in [-0.4, -0.2) is 52.0 Å². The van der Waals surface area contributed by atoms with Gasteiger partial charge in [-0.2, -0.15) is 0 Å². The Morgan fingerprint density at radius 2 is 2.03 bits per heavy atom. The summed E-state index contributed by atoms with van der Waals surface area (Å²) in [5, 5.41) is 13.1. The number of imidazole rings is 1. The van der Waals surface area contributed by atoms with E-state index >= 15 is 0 Å². The normalized spacial score (nSPS) is 17.7. The molecule has 4 rings (SSSR count). The van der Waals surface area contributed by atoms with Crippen LogP contribution in [0.4, 0.5) is 0 Å². The number of aryl methyl sites for hydroxylation is 1. The SMILES string of the molecule is COc1ccc(/C(O)=C2\C(=O)C(=O)N(CCCn3ccnc3)[C@H]2c2cccs2)c(OC)c1. The van der Waals surface area contributed by atoms with E-state index in [1.54, 1.807) is 30.7 Å². The summed E-state index contributed by atoms with van der Waals surface area (Å²) in [6.07, 6.45) is 5.89. The molecule has 1 aliphatic heterocycles. The first-order valence-corrected chi connectivity index (χ1v) is 10.9. The van der Waals surface area contributed by atoms with Crippen LogP contribution >= 0.6 is 11.3 Å². The van der Waals surface area contributed by atoms with Crippen molar-refractivity contribution in [2.24, 2.45) is 0 Å². The molecule has 0 saturated carbocycles. The number of aliphatic hydroxyl groups excluding tert-OH is 1. The number of carbonyl (C=O) groups excluding carboxylic acids is 2. The van der Waals surface area contributed by atoms with E-state index in [9.17, 15) is 14.7 Å². The van der Waals surface area contributed by atoms with Gasteiger partial charge in [-0.3, -0.25) is 9.59 Å². The number of thiophene rings is 1. The molecule has 32 heavy (non-hydrogen) atoms. The molecule has 3 aromatic rings. The second-order valence-corrected chi connectivity index (χ2v) is 8.21. The zero-order valence-electron chi connectivity index (χ0n) is 17.7. The molecule has 9 heteroatoms. The second-order valence-electron chi connectivity index (χ2n) is 7.23. The van der Waals surface area contributed by atoms with Gasteiger partial charge in [0.25, 0.3) is 11.7 Å². The Kier molecular flexibility index (Phi) is 6.27. The number of aromatic nitrogens is 2. The zero-order chi connectivity index (χ0) is 22.7. The van der Waals surface area contributed by atoms with Crippen molar-refractivity contribution in [2.45, 2.75) is 19.0 Å². The molecule has 1 amide bonds. The Bertz CT molecular complexity index is 1140. The number of amides is 1. The van der Waals surface area contributed by atoms with Crippen molar-refractivity contribution in [3.63, 3.8) is 0 Å². The molecule has 0 aliphatic carbocycles. The molecule has 0 radical (unpaired) electrons. The molecule has 0 spiro atoms. The fourth-order valence-electron chi connectivity index (χ4n) is 3.84. The summed E-state index contributed by atoms with van der Waals surface area (Å²) < 4.78 is 12.5. The highest BCUT2D eigenvalue weighted by Crippen LogP contribution is 2.42. The van der Waals surface area contributed by atoms with Gasteiger partial charge in [0, 0.05) is 36.4 Å². The van der Waals surface area contributed by atoms with E-state index in [2.05, 4.69) is 4.98 Å². The van der Waals surface area contributed by atoms with E-state index in [1.165, 1.54) is 30.5 Å². The van der Waals surface area contributed by atoms with Crippen LogP contribution < -0.4 is 9.47 Å². The topological polar surface area (TPSA) is 93.9 Å². The van der Waals surface area contributed by atoms with Crippen LogP contribution in [0.3, 0.4) is 0 Å². The van der Waals surface area contributed by atoms with Gasteiger partial charge in [0.1, 0.15) is 17.3 Å². The van der Waals surface area contributed by atoms with Crippen molar-refractivity contribution in [1.82, 2.24) is 14.5 Å². The number of aliphatic hydroxyl groups is 1. The molecular formula is C23H23N3O5S. The van der Waals surface area contributed by atoms with E-state index in [0.717, 1.165) is 4.88 Å². The van der Waals surface area contributed by atoms with Crippen LogP contribution in [0.5, 0.6) is 11.5 Å². The van der Waals surface area contributed by atoms with E-state index in [4.69, 9.17) is 9.47 Å². The predicted molar refractivity (Wildman–Crippen MR) is 120 cm³/mol. The fourth-order valence-corrected chi connectivity index (χ4v) is 4.68. The largest absolute Gasteiger partial charge is 0.507 e. The number of ketones is 1.